The molecule has 0 aromatic heterocycles. The Balaban J connectivity index is 2.15. The number of aliphatic imine (C=N–C) groups is 1. The predicted molar refractivity (Wildman–Crippen MR) is 75.2 cm³/mol. The zero-order chi connectivity index (χ0) is 12.7. The molecule has 1 saturated carbocycles. The maximum absolute atomic E-state index is 5.89. The molecule has 3 heteroatoms. The topological polar surface area (TPSA) is 50.4 Å². The summed E-state index contributed by atoms with van der Waals surface area (Å²) in [4.78, 5) is 4.40. The Labute approximate surface area is 106 Å². The van der Waals surface area contributed by atoms with Gasteiger partial charge in [-0.3, -0.25) is 4.99 Å². The minimum absolute atomic E-state index is 0.404. The van der Waals surface area contributed by atoms with Crippen molar-refractivity contribution < 1.29 is 0 Å². The number of rotatable bonds is 4. The molecule has 17 heavy (non-hydrogen) atoms. The van der Waals surface area contributed by atoms with Gasteiger partial charge in [-0.15, -0.1) is 0 Å². The van der Waals surface area contributed by atoms with Gasteiger partial charge < -0.3 is 11.1 Å². The highest BCUT2D eigenvalue weighted by Gasteiger charge is 2.13. The number of nitrogens with one attached hydrogen (secondary N) is 1. The van der Waals surface area contributed by atoms with Crippen molar-refractivity contribution in [2.75, 3.05) is 6.54 Å². The molecule has 0 saturated heterocycles. The summed E-state index contributed by atoms with van der Waals surface area (Å²) in [7, 11) is 0. The van der Waals surface area contributed by atoms with Crippen LogP contribution in [0.25, 0.3) is 0 Å². The van der Waals surface area contributed by atoms with E-state index in [1.54, 1.807) is 0 Å². The van der Waals surface area contributed by atoms with Gasteiger partial charge in [0.1, 0.15) is 0 Å². The second kappa shape index (κ2) is 6.87. The minimum atomic E-state index is 0.404. The lowest BCUT2D eigenvalue weighted by atomic mass is 9.91. The summed E-state index contributed by atoms with van der Waals surface area (Å²) in [6.07, 6.45) is 8.85. The molecule has 0 bridgehead atoms. The molecule has 3 N–H and O–H groups in total. The summed E-state index contributed by atoms with van der Waals surface area (Å²) in [6.45, 7) is 7.64. The minimum Gasteiger partial charge on any atom is -0.370 e. The van der Waals surface area contributed by atoms with Crippen LogP contribution in [0.2, 0.25) is 0 Å². The van der Waals surface area contributed by atoms with Gasteiger partial charge in [0.25, 0.3) is 0 Å². The van der Waals surface area contributed by atoms with Gasteiger partial charge >= 0.3 is 0 Å². The summed E-state index contributed by atoms with van der Waals surface area (Å²) < 4.78 is 0. The van der Waals surface area contributed by atoms with E-state index >= 15 is 0 Å². The first kappa shape index (κ1) is 14.3. The smallest absolute Gasteiger partial charge is 0.188 e. The van der Waals surface area contributed by atoms with Gasteiger partial charge in [0.2, 0.25) is 0 Å². The molecule has 0 heterocycles. The van der Waals surface area contributed by atoms with Crippen LogP contribution >= 0.6 is 0 Å². The van der Waals surface area contributed by atoms with Crippen LogP contribution in [-0.2, 0) is 0 Å². The average molecular weight is 239 g/mol. The van der Waals surface area contributed by atoms with E-state index < -0.39 is 0 Å². The van der Waals surface area contributed by atoms with Crippen molar-refractivity contribution in [3.05, 3.63) is 0 Å². The number of hydrogen-bond acceptors (Lipinski definition) is 1. The molecular formula is C14H29N3. The van der Waals surface area contributed by atoms with E-state index in [2.05, 4.69) is 31.1 Å². The number of nitrogens with zero attached hydrogens (tertiary/aromatic N) is 1. The molecule has 0 radical (unpaired) electrons. The van der Waals surface area contributed by atoms with Crippen LogP contribution in [0.1, 0.15) is 65.7 Å². The van der Waals surface area contributed by atoms with E-state index in [0.717, 1.165) is 13.0 Å². The Morgan fingerprint density at radius 2 is 1.88 bits per heavy atom. The Morgan fingerprint density at radius 3 is 2.47 bits per heavy atom. The molecule has 0 unspecified atom stereocenters. The van der Waals surface area contributed by atoms with Gasteiger partial charge in [-0.05, 0) is 31.1 Å². The quantitative estimate of drug-likeness (QED) is 0.450. The van der Waals surface area contributed by atoms with E-state index in [-0.39, 0.29) is 0 Å². The molecule has 0 aliphatic heterocycles. The highest BCUT2D eigenvalue weighted by molar-refractivity contribution is 5.78. The van der Waals surface area contributed by atoms with Crippen LogP contribution in [0.15, 0.2) is 4.99 Å². The first-order chi connectivity index (χ1) is 7.97. The Hall–Kier alpha value is -0.730. The maximum Gasteiger partial charge on any atom is 0.188 e. The molecule has 1 aliphatic carbocycles. The Morgan fingerprint density at radius 1 is 1.24 bits per heavy atom. The van der Waals surface area contributed by atoms with E-state index in [9.17, 15) is 0 Å². The lowest BCUT2D eigenvalue weighted by molar-refractivity contribution is 0.368. The normalized spacial score (nSPS) is 19.4. The number of hydrogen-bond donors (Lipinski definition) is 2. The maximum atomic E-state index is 5.89. The predicted octanol–water partition coefficient (Wildman–Crippen LogP) is 3.05. The van der Waals surface area contributed by atoms with Gasteiger partial charge in [0, 0.05) is 12.6 Å². The van der Waals surface area contributed by atoms with Crippen LogP contribution in [-0.4, -0.2) is 18.5 Å². The van der Waals surface area contributed by atoms with Gasteiger partial charge in [-0.1, -0.05) is 40.0 Å². The monoisotopic (exact) mass is 239 g/mol. The first-order valence-corrected chi connectivity index (χ1v) is 7.04. The van der Waals surface area contributed by atoms with Crippen molar-refractivity contribution in [1.29, 1.82) is 0 Å². The molecule has 0 amide bonds. The van der Waals surface area contributed by atoms with Gasteiger partial charge in [0.05, 0.1) is 0 Å². The molecule has 1 fully saturated rings. The fourth-order valence-corrected chi connectivity index (χ4v) is 2.31. The molecule has 0 spiro atoms. The first-order valence-electron chi connectivity index (χ1n) is 7.04. The van der Waals surface area contributed by atoms with Crippen molar-refractivity contribution in [2.45, 2.75) is 71.8 Å². The molecule has 0 atom stereocenters. The molecule has 0 aromatic rings. The summed E-state index contributed by atoms with van der Waals surface area (Å²) in [5, 5.41) is 3.34. The number of guanidine groups is 1. The summed E-state index contributed by atoms with van der Waals surface area (Å²) in [5.74, 6) is 0.644. The lowest BCUT2D eigenvalue weighted by Gasteiger charge is -2.23. The second-order valence-electron chi connectivity index (χ2n) is 6.41. The third-order valence-electron chi connectivity index (χ3n) is 3.32. The van der Waals surface area contributed by atoms with Crippen molar-refractivity contribution in [2.24, 2.45) is 16.1 Å². The highest BCUT2D eigenvalue weighted by Crippen LogP contribution is 2.20. The molecule has 3 nitrogen and oxygen atoms in total. The van der Waals surface area contributed by atoms with Crippen LogP contribution in [0, 0.1) is 5.41 Å². The summed E-state index contributed by atoms with van der Waals surface area (Å²) in [6, 6.07) is 0.565. The van der Waals surface area contributed by atoms with Crippen LogP contribution < -0.4 is 11.1 Å². The second-order valence-corrected chi connectivity index (χ2v) is 6.41. The van der Waals surface area contributed by atoms with E-state index in [1.807, 2.05) is 0 Å². The average Bonchev–Trinajstić information content (AvgIpc) is 2.25. The SMILES string of the molecule is CC(C)(C)CCCN=C(N)NC1CCCCC1. The fraction of sp³-hybridized carbons (Fsp3) is 0.929. The lowest BCUT2D eigenvalue weighted by Crippen LogP contribution is -2.41. The Kier molecular flexibility index (Phi) is 5.79. The number of nitrogens with two attached hydrogens (primary N) is 1. The van der Waals surface area contributed by atoms with Crippen LogP contribution in [0.4, 0.5) is 0 Å². The van der Waals surface area contributed by atoms with E-state index in [1.165, 1.54) is 38.5 Å². The van der Waals surface area contributed by atoms with E-state index in [4.69, 9.17) is 5.73 Å². The standard InChI is InChI=1S/C14H29N3/c1-14(2,3)10-7-11-16-13(15)17-12-8-5-4-6-9-12/h12H,4-11H2,1-3H3,(H3,15,16,17). The summed E-state index contributed by atoms with van der Waals surface area (Å²) in [5.41, 5.74) is 6.30. The van der Waals surface area contributed by atoms with Crippen molar-refractivity contribution in [3.8, 4) is 0 Å². The van der Waals surface area contributed by atoms with Crippen molar-refractivity contribution in [3.63, 3.8) is 0 Å². The molecular weight excluding hydrogens is 210 g/mol. The molecule has 0 aromatic carbocycles. The molecule has 1 aliphatic rings. The fourth-order valence-electron chi connectivity index (χ4n) is 2.31. The van der Waals surface area contributed by atoms with Crippen molar-refractivity contribution in [1.82, 2.24) is 5.32 Å². The van der Waals surface area contributed by atoms with E-state index in [0.29, 0.717) is 17.4 Å². The van der Waals surface area contributed by atoms with Crippen molar-refractivity contribution >= 4 is 5.96 Å². The zero-order valence-corrected chi connectivity index (χ0v) is 11.8. The molecule has 1 rings (SSSR count). The summed E-state index contributed by atoms with van der Waals surface area (Å²) >= 11 is 0. The van der Waals surface area contributed by atoms with Gasteiger partial charge in [-0.25, -0.2) is 0 Å². The Bertz CT molecular complexity index is 234. The molecule has 100 valence electrons. The van der Waals surface area contributed by atoms with Crippen LogP contribution in [0.5, 0.6) is 0 Å². The zero-order valence-electron chi connectivity index (χ0n) is 11.8. The van der Waals surface area contributed by atoms with Crippen LogP contribution in [0.3, 0.4) is 0 Å². The third kappa shape index (κ3) is 7.24. The third-order valence-corrected chi connectivity index (χ3v) is 3.32. The van der Waals surface area contributed by atoms with Gasteiger partial charge in [-0.2, -0.15) is 0 Å². The highest BCUT2D eigenvalue weighted by atomic mass is 15.1. The van der Waals surface area contributed by atoms with Gasteiger partial charge in [0.15, 0.2) is 5.96 Å². The largest absolute Gasteiger partial charge is 0.370 e.